The quantitative estimate of drug-likeness (QED) is 0.382. The number of nitrogens with zero attached hydrogens (tertiary/aromatic N) is 3. The molecule has 6 heteroatoms. The van der Waals surface area contributed by atoms with Gasteiger partial charge in [-0.15, -0.1) is 0 Å². The summed E-state index contributed by atoms with van der Waals surface area (Å²) in [5.41, 5.74) is 0. The lowest BCUT2D eigenvalue weighted by atomic mass is 10.8. The molecule has 0 bridgehead atoms. The van der Waals surface area contributed by atoms with E-state index in [0.717, 1.165) is 5.75 Å². The van der Waals surface area contributed by atoms with E-state index in [-0.39, 0.29) is 0 Å². The monoisotopic (exact) mass is 146 g/mol. The van der Waals surface area contributed by atoms with Crippen molar-refractivity contribution >= 4 is 16.9 Å². The molecule has 9 heavy (non-hydrogen) atoms. The molecule has 0 N–H and O–H groups in total. The van der Waals surface area contributed by atoms with E-state index in [1.807, 2.05) is 0 Å². The van der Waals surface area contributed by atoms with Crippen LogP contribution >= 0.6 is 11.8 Å². The van der Waals surface area contributed by atoms with Gasteiger partial charge in [0, 0.05) is 5.75 Å². The first-order valence-electron chi connectivity index (χ1n) is 2.32. The summed E-state index contributed by atoms with van der Waals surface area (Å²) in [6.45, 7) is 0.650. The SMILES string of the molecule is O=[N+]([O-])/N=C1\[N]CCS1. The second-order valence-corrected chi connectivity index (χ2v) is 2.41. The van der Waals surface area contributed by atoms with Gasteiger partial charge in [-0.25, -0.2) is 10.1 Å². The molecule has 0 unspecified atom stereocenters. The van der Waals surface area contributed by atoms with Crippen molar-refractivity contribution in [2.24, 2.45) is 5.10 Å². The van der Waals surface area contributed by atoms with E-state index >= 15 is 0 Å². The van der Waals surface area contributed by atoms with E-state index in [4.69, 9.17) is 0 Å². The van der Waals surface area contributed by atoms with Gasteiger partial charge in [0.15, 0.2) is 5.03 Å². The standard InChI is InChI=1S/C3H4N3O2S/c7-6(8)5-3-4-1-2-9-3/h1-2H2/b5-3+. The number of nitro groups is 1. The first-order chi connectivity index (χ1) is 4.29. The fraction of sp³-hybridized carbons (Fsp3) is 0.667. The van der Waals surface area contributed by atoms with E-state index in [1.165, 1.54) is 11.8 Å². The van der Waals surface area contributed by atoms with E-state index in [2.05, 4.69) is 10.4 Å². The second-order valence-electron chi connectivity index (χ2n) is 1.35. The Kier molecular flexibility index (Phi) is 1.88. The fourth-order valence-corrected chi connectivity index (χ4v) is 1.13. The van der Waals surface area contributed by atoms with Crippen LogP contribution in [0.5, 0.6) is 0 Å². The molecular formula is C3H4N3O2S. The molecule has 1 rings (SSSR count). The van der Waals surface area contributed by atoms with Crippen LogP contribution in [0.15, 0.2) is 5.10 Å². The maximum Gasteiger partial charge on any atom is 0.256 e. The third-order valence-corrected chi connectivity index (χ3v) is 1.59. The largest absolute Gasteiger partial charge is 0.256 e. The predicted octanol–water partition coefficient (Wildman–Crippen LogP) is -0.115. The molecule has 0 aromatic carbocycles. The summed E-state index contributed by atoms with van der Waals surface area (Å²) >= 11 is 1.31. The molecule has 1 radical (unpaired) electrons. The molecule has 0 saturated carbocycles. The zero-order valence-electron chi connectivity index (χ0n) is 4.48. The fourth-order valence-electron chi connectivity index (χ4n) is 0.454. The van der Waals surface area contributed by atoms with Gasteiger partial charge in [0.05, 0.1) is 11.6 Å². The Morgan fingerprint density at radius 1 is 1.89 bits per heavy atom. The van der Waals surface area contributed by atoms with Gasteiger partial charge >= 0.3 is 0 Å². The Balaban J connectivity index is 2.49. The average molecular weight is 146 g/mol. The van der Waals surface area contributed by atoms with Crippen molar-refractivity contribution in [1.82, 2.24) is 5.32 Å². The summed E-state index contributed by atoms with van der Waals surface area (Å²) in [5.74, 6) is 0.812. The molecule has 0 amide bonds. The number of rotatable bonds is 1. The first-order valence-corrected chi connectivity index (χ1v) is 3.31. The van der Waals surface area contributed by atoms with Gasteiger partial charge in [0.25, 0.3) is 5.17 Å². The zero-order valence-corrected chi connectivity index (χ0v) is 5.30. The Labute approximate surface area is 55.7 Å². The van der Waals surface area contributed by atoms with Gasteiger partial charge in [-0.3, -0.25) is 5.32 Å². The molecule has 0 aromatic rings. The molecular weight excluding hydrogens is 142 g/mol. The highest BCUT2D eigenvalue weighted by Crippen LogP contribution is 2.08. The normalized spacial score (nSPS) is 22.0. The highest BCUT2D eigenvalue weighted by molar-refractivity contribution is 8.14. The molecule has 5 nitrogen and oxygen atoms in total. The highest BCUT2D eigenvalue weighted by atomic mass is 32.2. The zero-order chi connectivity index (χ0) is 6.69. The van der Waals surface area contributed by atoms with Crippen LogP contribution in [0.1, 0.15) is 0 Å². The Morgan fingerprint density at radius 3 is 3.11 bits per heavy atom. The summed E-state index contributed by atoms with van der Waals surface area (Å²) in [4.78, 5) is 9.70. The average Bonchev–Trinajstić information content (AvgIpc) is 2.15. The smallest absolute Gasteiger partial charge is 0.255 e. The predicted molar refractivity (Wildman–Crippen MR) is 33.9 cm³/mol. The number of hydrogen-bond acceptors (Lipinski definition) is 3. The van der Waals surface area contributed by atoms with Crippen molar-refractivity contribution in [2.75, 3.05) is 12.3 Å². The van der Waals surface area contributed by atoms with Crippen LogP contribution in [0.2, 0.25) is 0 Å². The van der Waals surface area contributed by atoms with E-state index in [9.17, 15) is 10.1 Å². The van der Waals surface area contributed by atoms with Gasteiger partial charge < -0.3 is 0 Å². The van der Waals surface area contributed by atoms with Crippen molar-refractivity contribution in [2.45, 2.75) is 0 Å². The topological polar surface area (TPSA) is 69.6 Å². The Bertz CT molecular complexity index is 149. The number of hydrogen-bond donors (Lipinski definition) is 0. The lowest BCUT2D eigenvalue weighted by molar-refractivity contribution is -0.484. The summed E-state index contributed by atoms with van der Waals surface area (Å²) in [6, 6.07) is 0. The Morgan fingerprint density at radius 2 is 2.67 bits per heavy atom. The number of amidine groups is 1. The molecule has 0 atom stereocenters. The van der Waals surface area contributed by atoms with Crippen molar-refractivity contribution < 1.29 is 5.03 Å². The maximum absolute atomic E-state index is 9.70. The molecule has 1 fully saturated rings. The summed E-state index contributed by atoms with van der Waals surface area (Å²) in [6.07, 6.45) is 0. The third-order valence-electron chi connectivity index (χ3n) is 0.737. The van der Waals surface area contributed by atoms with Gasteiger partial charge in [-0.05, 0) is 0 Å². The minimum Gasteiger partial charge on any atom is -0.255 e. The van der Waals surface area contributed by atoms with Crippen LogP contribution in [-0.4, -0.2) is 22.5 Å². The van der Waals surface area contributed by atoms with Crippen molar-refractivity contribution in [3.05, 3.63) is 10.1 Å². The maximum atomic E-state index is 9.70. The molecule has 0 aliphatic carbocycles. The number of thioether (sulfide) groups is 1. The van der Waals surface area contributed by atoms with Gasteiger partial charge in [0.1, 0.15) is 0 Å². The van der Waals surface area contributed by atoms with Crippen LogP contribution < -0.4 is 5.32 Å². The van der Waals surface area contributed by atoms with Gasteiger partial charge in [-0.2, -0.15) is 0 Å². The van der Waals surface area contributed by atoms with Gasteiger partial charge in [-0.1, -0.05) is 11.8 Å². The van der Waals surface area contributed by atoms with Crippen LogP contribution in [0.3, 0.4) is 0 Å². The van der Waals surface area contributed by atoms with E-state index in [0.29, 0.717) is 11.7 Å². The van der Waals surface area contributed by atoms with E-state index < -0.39 is 5.03 Å². The lowest BCUT2D eigenvalue weighted by Crippen LogP contribution is -2.05. The lowest BCUT2D eigenvalue weighted by Gasteiger charge is -1.82. The van der Waals surface area contributed by atoms with Gasteiger partial charge in [0.2, 0.25) is 0 Å². The van der Waals surface area contributed by atoms with Crippen molar-refractivity contribution in [1.29, 1.82) is 0 Å². The molecule has 0 aromatic heterocycles. The molecule has 49 valence electrons. The minimum absolute atomic E-state index is 0.292. The molecule has 1 aliphatic heterocycles. The Hall–Kier alpha value is -0.780. The molecule has 1 aliphatic rings. The highest BCUT2D eigenvalue weighted by Gasteiger charge is 2.13. The van der Waals surface area contributed by atoms with Crippen LogP contribution in [0.25, 0.3) is 0 Å². The van der Waals surface area contributed by atoms with Crippen LogP contribution in [0, 0.1) is 10.1 Å². The minimum atomic E-state index is -0.725. The van der Waals surface area contributed by atoms with Crippen molar-refractivity contribution in [3.8, 4) is 0 Å². The number of hydrazone groups is 1. The molecule has 0 spiro atoms. The summed E-state index contributed by atoms with van der Waals surface area (Å²) < 4.78 is 0. The second kappa shape index (κ2) is 2.67. The molecule has 1 saturated heterocycles. The molecule has 1 heterocycles. The third kappa shape index (κ3) is 1.88. The summed E-state index contributed by atoms with van der Waals surface area (Å²) in [5, 5.41) is 16.0. The first kappa shape index (κ1) is 6.34. The van der Waals surface area contributed by atoms with Crippen LogP contribution in [-0.2, 0) is 0 Å². The summed E-state index contributed by atoms with van der Waals surface area (Å²) in [7, 11) is 0. The van der Waals surface area contributed by atoms with Crippen molar-refractivity contribution in [3.63, 3.8) is 0 Å². The van der Waals surface area contributed by atoms with E-state index in [1.54, 1.807) is 0 Å². The van der Waals surface area contributed by atoms with Crippen LogP contribution in [0.4, 0.5) is 0 Å².